The molecule has 0 atom stereocenters. The van der Waals surface area contributed by atoms with E-state index in [-0.39, 0.29) is 5.91 Å². The number of aryl methyl sites for hydroxylation is 1. The lowest BCUT2D eigenvalue weighted by atomic mass is 9.98. The van der Waals surface area contributed by atoms with Gasteiger partial charge in [-0.2, -0.15) is 0 Å². The van der Waals surface area contributed by atoms with Gasteiger partial charge in [0.25, 0.3) is 5.91 Å². The number of nitrogens with zero attached hydrogens (tertiary/aromatic N) is 1. The molecular formula is C11H17N3OS. The minimum Gasteiger partial charge on any atom is -0.350 e. The summed E-state index contributed by atoms with van der Waals surface area (Å²) in [4.78, 5) is 15.9. The Hall–Kier alpha value is -0.940. The molecule has 1 aromatic rings. The van der Waals surface area contributed by atoms with Crippen molar-refractivity contribution in [3.8, 4) is 0 Å². The average molecular weight is 239 g/mol. The van der Waals surface area contributed by atoms with E-state index in [1.807, 2.05) is 12.3 Å². The second kappa shape index (κ2) is 5.41. The third-order valence-corrected chi connectivity index (χ3v) is 3.64. The van der Waals surface area contributed by atoms with Crippen LogP contribution in [0.5, 0.6) is 0 Å². The molecule has 1 fully saturated rings. The van der Waals surface area contributed by atoms with Crippen LogP contribution in [0.2, 0.25) is 0 Å². The van der Waals surface area contributed by atoms with E-state index in [0.717, 1.165) is 37.5 Å². The molecule has 2 N–H and O–H groups in total. The van der Waals surface area contributed by atoms with Crippen molar-refractivity contribution in [1.29, 1.82) is 0 Å². The maximum absolute atomic E-state index is 11.7. The quantitative estimate of drug-likeness (QED) is 0.833. The van der Waals surface area contributed by atoms with E-state index >= 15 is 0 Å². The molecule has 88 valence electrons. The Kier molecular flexibility index (Phi) is 3.90. The SMILES string of the molecule is Cc1nc(C(=O)NCC2CCNCC2)cs1. The highest BCUT2D eigenvalue weighted by Crippen LogP contribution is 2.11. The van der Waals surface area contributed by atoms with E-state index in [9.17, 15) is 4.79 Å². The van der Waals surface area contributed by atoms with Crippen molar-refractivity contribution < 1.29 is 4.79 Å². The van der Waals surface area contributed by atoms with Gasteiger partial charge in [0, 0.05) is 11.9 Å². The van der Waals surface area contributed by atoms with Crippen LogP contribution in [-0.2, 0) is 0 Å². The number of aromatic nitrogens is 1. The molecule has 2 heterocycles. The van der Waals surface area contributed by atoms with Crippen LogP contribution in [-0.4, -0.2) is 30.5 Å². The fourth-order valence-electron chi connectivity index (χ4n) is 1.88. The summed E-state index contributed by atoms with van der Waals surface area (Å²) in [5, 5.41) is 9.02. The predicted molar refractivity (Wildman–Crippen MR) is 64.8 cm³/mol. The molecule has 16 heavy (non-hydrogen) atoms. The molecule has 1 aliphatic rings. The van der Waals surface area contributed by atoms with E-state index in [1.54, 1.807) is 0 Å². The molecule has 1 aromatic heterocycles. The van der Waals surface area contributed by atoms with Gasteiger partial charge in [0.2, 0.25) is 0 Å². The Morgan fingerprint density at radius 3 is 3.00 bits per heavy atom. The molecule has 0 bridgehead atoms. The molecule has 0 aromatic carbocycles. The minimum absolute atomic E-state index is 0.0390. The molecule has 0 spiro atoms. The first-order valence-corrected chi connectivity index (χ1v) is 6.54. The van der Waals surface area contributed by atoms with Crippen molar-refractivity contribution in [3.63, 3.8) is 0 Å². The molecule has 4 nitrogen and oxygen atoms in total. The summed E-state index contributed by atoms with van der Waals surface area (Å²) in [6.45, 7) is 4.82. The van der Waals surface area contributed by atoms with Crippen molar-refractivity contribution in [2.45, 2.75) is 19.8 Å². The van der Waals surface area contributed by atoms with Crippen LogP contribution in [0.3, 0.4) is 0 Å². The topological polar surface area (TPSA) is 54.0 Å². The van der Waals surface area contributed by atoms with Gasteiger partial charge in [-0.05, 0) is 38.8 Å². The van der Waals surface area contributed by atoms with E-state index in [1.165, 1.54) is 11.3 Å². The van der Waals surface area contributed by atoms with Gasteiger partial charge in [0.15, 0.2) is 0 Å². The maximum Gasteiger partial charge on any atom is 0.270 e. The Labute approximate surface area is 99.5 Å². The Bertz CT molecular complexity index is 358. The third-order valence-electron chi connectivity index (χ3n) is 2.86. The first kappa shape index (κ1) is 11.5. The van der Waals surface area contributed by atoms with Gasteiger partial charge in [-0.25, -0.2) is 4.98 Å². The van der Waals surface area contributed by atoms with Gasteiger partial charge >= 0.3 is 0 Å². The lowest BCUT2D eigenvalue weighted by Crippen LogP contribution is -2.36. The molecule has 5 heteroatoms. The Morgan fingerprint density at radius 2 is 2.38 bits per heavy atom. The summed E-state index contributed by atoms with van der Waals surface area (Å²) in [6.07, 6.45) is 2.30. The van der Waals surface area contributed by atoms with Gasteiger partial charge in [0.05, 0.1) is 5.01 Å². The van der Waals surface area contributed by atoms with Crippen LogP contribution >= 0.6 is 11.3 Å². The third kappa shape index (κ3) is 3.02. The van der Waals surface area contributed by atoms with E-state index in [2.05, 4.69) is 15.6 Å². The largest absolute Gasteiger partial charge is 0.350 e. The molecule has 1 saturated heterocycles. The van der Waals surface area contributed by atoms with E-state index in [0.29, 0.717) is 11.6 Å². The molecule has 0 radical (unpaired) electrons. The number of nitrogens with one attached hydrogen (secondary N) is 2. The normalized spacial score (nSPS) is 17.3. The first-order valence-electron chi connectivity index (χ1n) is 5.67. The lowest BCUT2D eigenvalue weighted by Gasteiger charge is -2.22. The van der Waals surface area contributed by atoms with Gasteiger partial charge in [-0.3, -0.25) is 4.79 Å². The van der Waals surface area contributed by atoms with Crippen molar-refractivity contribution >= 4 is 17.2 Å². The minimum atomic E-state index is -0.0390. The summed E-state index contributed by atoms with van der Waals surface area (Å²) in [7, 11) is 0. The van der Waals surface area contributed by atoms with Crippen LogP contribution in [0.4, 0.5) is 0 Å². The molecular weight excluding hydrogens is 222 g/mol. The molecule has 1 aliphatic heterocycles. The number of hydrogen-bond acceptors (Lipinski definition) is 4. The number of carbonyl (C=O) groups excluding carboxylic acids is 1. The van der Waals surface area contributed by atoms with E-state index in [4.69, 9.17) is 0 Å². The number of piperidine rings is 1. The van der Waals surface area contributed by atoms with Gasteiger partial charge < -0.3 is 10.6 Å². The van der Waals surface area contributed by atoms with Crippen LogP contribution in [0, 0.1) is 12.8 Å². The standard InChI is InChI=1S/C11H17N3OS/c1-8-14-10(7-16-8)11(15)13-6-9-2-4-12-5-3-9/h7,9,12H,2-6H2,1H3,(H,13,15). The number of thiazole rings is 1. The fraction of sp³-hybridized carbons (Fsp3) is 0.636. The molecule has 2 rings (SSSR count). The van der Waals surface area contributed by atoms with Gasteiger partial charge in [0.1, 0.15) is 5.69 Å². The second-order valence-corrected chi connectivity index (χ2v) is 5.22. The number of amides is 1. The van der Waals surface area contributed by atoms with Crippen LogP contribution < -0.4 is 10.6 Å². The van der Waals surface area contributed by atoms with Gasteiger partial charge in [-0.1, -0.05) is 0 Å². The van der Waals surface area contributed by atoms with Gasteiger partial charge in [-0.15, -0.1) is 11.3 Å². The van der Waals surface area contributed by atoms with Crippen molar-refractivity contribution in [2.24, 2.45) is 5.92 Å². The number of hydrogen-bond donors (Lipinski definition) is 2. The average Bonchev–Trinajstić information content (AvgIpc) is 2.74. The predicted octanol–water partition coefficient (Wildman–Crippen LogP) is 1.18. The van der Waals surface area contributed by atoms with E-state index < -0.39 is 0 Å². The zero-order chi connectivity index (χ0) is 11.4. The second-order valence-electron chi connectivity index (χ2n) is 4.16. The molecule has 0 aliphatic carbocycles. The summed E-state index contributed by atoms with van der Waals surface area (Å²) in [5.41, 5.74) is 0.552. The summed E-state index contributed by atoms with van der Waals surface area (Å²) < 4.78 is 0. The molecule has 0 saturated carbocycles. The highest BCUT2D eigenvalue weighted by molar-refractivity contribution is 7.09. The highest BCUT2D eigenvalue weighted by atomic mass is 32.1. The fourth-order valence-corrected chi connectivity index (χ4v) is 2.47. The maximum atomic E-state index is 11.7. The Morgan fingerprint density at radius 1 is 1.62 bits per heavy atom. The summed E-state index contributed by atoms with van der Waals surface area (Å²) in [5.74, 6) is 0.577. The van der Waals surface area contributed by atoms with Crippen LogP contribution in [0.1, 0.15) is 28.3 Å². The summed E-state index contributed by atoms with van der Waals surface area (Å²) >= 11 is 1.51. The zero-order valence-electron chi connectivity index (χ0n) is 9.45. The smallest absolute Gasteiger partial charge is 0.270 e. The van der Waals surface area contributed by atoms with Crippen molar-refractivity contribution in [3.05, 3.63) is 16.1 Å². The Balaban J connectivity index is 1.79. The van der Waals surface area contributed by atoms with Crippen LogP contribution in [0.25, 0.3) is 0 Å². The van der Waals surface area contributed by atoms with Crippen molar-refractivity contribution in [2.75, 3.05) is 19.6 Å². The number of carbonyl (C=O) groups is 1. The number of rotatable bonds is 3. The molecule has 1 amide bonds. The van der Waals surface area contributed by atoms with Crippen LogP contribution in [0.15, 0.2) is 5.38 Å². The zero-order valence-corrected chi connectivity index (χ0v) is 10.3. The molecule has 0 unspecified atom stereocenters. The summed E-state index contributed by atoms with van der Waals surface area (Å²) in [6, 6.07) is 0. The highest BCUT2D eigenvalue weighted by Gasteiger charge is 2.15. The first-order chi connectivity index (χ1) is 7.75. The monoisotopic (exact) mass is 239 g/mol. The van der Waals surface area contributed by atoms with Crippen molar-refractivity contribution in [1.82, 2.24) is 15.6 Å². The lowest BCUT2D eigenvalue weighted by molar-refractivity contribution is 0.0940.